The van der Waals surface area contributed by atoms with Gasteiger partial charge in [0.2, 0.25) is 15.9 Å². The van der Waals surface area contributed by atoms with Gasteiger partial charge in [0.1, 0.15) is 0 Å². The van der Waals surface area contributed by atoms with E-state index in [1.165, 1.54) is 6.26 Å². The highest BCUT2D eigenvalue weighted by molar-refractivity contribution is 7.88. The van der Waals surface area contributed by atoms with E-state index in [2.05, 4.69) is 10.0 Å². The Morgan fingerprint density at radius 3 is 2.75 bits per heavy atom. The Bertz CT molecular complexity index is 432. The minimum Gasteiger partial charge on any atom is -0.338 e. The van der Waals surface area contributed by atoms with Crippen LogP contribution in [0.5, 0.6) is 0 Å². The fraction of sp³-hybridized carbons (Fsp3) is 0.923. The van der Waals surface area contributed by atoms with Gasteiger partial charge in [0.15, 0.2) is 0 Å². The Balaban J connectivity index is 1.89. The molecule has 0 bridgehead atoms. The van der Waals surface area contributed by atoms with Crippen LogP contribution in [0.1, 0.15) is 38.5 Å². The standard InChI is InChI=1S/C13H25N3O3S/c1-20(18,19)15-9-7-11-5-2-3-10-16(11)13(17)12-6-4-8-14-12/h11-12,14-15H,2-10H2,1H3/t11?,12-/m1/s1. The highest BCUT2D eigenvalue weighted by Gasteiger charge is 2.32. The third-order valence-electron chi connectivity index (χ3n) is 4.11. The van der Waals surface area contributed by atoms with E-state index in [0.29, 0.717) is 13.0 Å². The van der Waals surface area contributed by atoms with Crippen molar-refractivity contribution in [2.45, 2.75) is 50.6 Å². The zero-order chi connectivity index (χ0) is 14.6. The summed E-state index contributed by atoms with van der Waals surface area (Å²) in [5.74, 6) is 0.201. The first-order valence-corrected chi connectivity index (χ1v) is 9.35. The molecular weight excluding hydrogens is 278 g/mol. The van der Waals surface area contributed by atoms with Gasteiger partial charge in [0.25, 0.3) is 0 Å². The van der Waals surface area contributed by atoms with E-state index in [1.807, 2.05) is 4.90 Å². The van der Waals surface area contributed by atoms with Crippen LogP contribution in [0.25, 0.3) is 0 Å². The average Bonchev–Trinajstić information content (AvgIpc) is 2.91. The van der Waals surface area contributed by atoms with E-state index in [9.17, 15) is 13.2 Å². The number of piperidine rings is 1. The molecule has 2 rings (SSSR count). The molecule has 1 amide bonds. The molecule has 1 unspecified atom stereocenters. The number of likely N-dealkylation sites (tertiary alicyclic amines) is 1. The van der Waals surface area contributed by atoms with Crippen molar-refractivity contribution >= 4 is 15.9 Å². The molecule has 2 N–H and O–H groups in total. The zero-order valence-electron chi connectivity index (χ0n) is 12.1. The lowest BCUT2D eigenvalue weighted by atomic mass is 9.98. The predicted octanol–water partition coefficient (Wildman–Crippen LogP) is 0.0588. The van der Waals surface area contributed by atoms with Crippen LogP contribution in [0.3, 0.4) is 0 Å². The number of carbonyl (C=O) groups excluding carboxylic acids is 1. The Hall–Kier alpha value is -0.660. The number of rotatable bonds is 5. The summed E-state index contributed by atoms with van der Waals surface area (Å²) in [7, 11) is -3.14. The van der Waals surface area contributed by atoms with Crippen molar-refractivity contribution in [2.24, 2.45) is 0 Å². The maximum atomic E-state index is 12.5. The molecule has 0 spiro atoms. The highest BCUT2D eigenvalue weighted by atomic mass is 32.2. The summed E-state index contributed by atoms with van der Waals surface area (Å²) in [6.07, 6.45) is 6.99. The largest absolute Gasteiger partial charge is 0.338 e. The number of nitrogens with zero attached hydrogens (tertiary/aromatic N) is 1. The summed E-state index contributed by atoms with van der Waals surface area (Å²) in [5.41, 5.74) is 0. The maximum Gasteiger partial charge on any atom is 0.239 e. The first-order valence-electron chi connectivity index (χ1n) is 7.46. The van der Waals surface area contributed by atoms with Crippen molar-refractivity contribution in [2.75, 3.05) is 25.9 Å². The smallest absolute Gasteiger partial charge is 0.239 e. The van der Waals surface area contributed by atoms with Crippen LogP contribution in [-0.4, -0.2) is 57.2 Å². The normalized spacial score (nSPS) is 27.8. The summed E-state index contributed by atoms with van der Waals surface area (Å²) in [6.45, 7) is 2.14. The summed E-state index contributed by atoms with van der Waals surface area (Å²) < 4.78 is 24.7. The third kappa shape index (κ3) is 4.43. The number of sulfonamides is 1. The monoisotopic (exact) mass is 303 g/mol. The highest BCUT2D eigenvalue weighted by Crippen LogP contribution is 2.22. The fourth-order valence-electron chi connectivity index (χ4n) is 3.10. The molecule has 0 aliphatic carbocycles. The molecule has 0 aromatic carbocycles. The topological polar surface area (TPSA) is 78.5 Å². The Labute approximate surface area is 121 Å². The van der Waals surface area contributed by atoms with E-state index in [-0.39, 0.29) is 18.0 Å². The quantitative estimate of drug-likeness (QED) is 0.753. The van der Waals surface area contributed by atoms with Crippen LogP contribution in [0, 0.1) is 0 Å². The second kappa shape index (κ2) is 6.87. The minimum absolute atomic E-state index is 0.0292. The number of nitrogens with one attached hydrogen (secondary N) is 2. The molecule has 2 fully saturated rings. The molecule has 6 nitrogen and oxygen atoms in total. The van der Waals surface area contributed by atoms with E-state index >= 15 is 0 Å². The van der Waals surface area contributed by atoms with Crippen molar-refractivity contribution < 1.29 is 13.2 Å². The lowest BCUT2D eigenvalue weighted by molar-refractivity contribution is -0.136. The van der Waals surface area contributed by atoms with E-state index in [1.54, 1.807) is 0 Å². The summed E-state index contributed by atoms with van der Waals surface area (Å²) in [4.78, 5) is 14.5. The van der Waals surface area contributed by atoms with Crippen LogP contribution in [0.2, 0.25) is 0 Å². The molecule has 0 aromatic heterocycles. The molecule has 2 aliphatic heterocycles. The van der Waals surface area contributed by atoms with Gasteiger partial charge in [-0.1, -0.05) is 0 Å². The van der Waals surface area contributed by atoms with Gasteiger partial charge in [-0.3, -0.25) is 4.79 Å². The van der Waals surface area contributed by atoms with Crippen LogP contribution < -0.4 is 10.0 Å². The fourth-order valence-corrected chi connectivity index (χ4v) is 3.59. The minimum atomic E-state index is -3.14. The first-order chi connectivity index (χ1) is 9.47. The molecule has 20 heavy (non-hydrogen) atoms. The predicted molar refractivity (Wildman–Crippen MR) is 77.8 cm³/mol. The molecule has 116 valence electrons. The second-order valence-corrected chi connectivity index (χ2v) is 7.62. The van der Waals surface area contributed by atoms with Gasteiger partial charge in [-0.25, -0.2) is 13.1 Å². The van der Waals surface area contributed by atoms with Crippen LogP contribution in [-0.2, 0) is 14.8 Å². The van der Waals surface area contributed by atoms with Crippen LogP contribution in [0.4, 0.5) is 0 Å². The number of hydrogen-bond acceptors (Lipinski definition) is 4. The lowest BCUT2D eigenvalue weighted by Gasteiger charge is -2.37. The van der Waals surface area contributed by atoms with Gasteiger partial charge in [-0.15, -0.1) is 0 Å². The van der Waals surface area contributed by atoms with Gasteiger partial charge in [-0.05, 0) is 45.1 Å². The number of carbonyl (C=O) groups is 1. The van der Waals surface area contributed by atoms with Gasteiger partial charge < -0.3 is 10.2 Å². The zero-order valence-corrected chi connectivity index (χ0v) is 12.9. The van der Waals surface area contributed by atoms with E-state index < -0.39 is 10.0 Å². The Morgan fingerprint density at radius 1 is 1.30 bits per heavy atom. The SMILES string of the molecule is CS(=O)(=O)NCCC1CCCCN1C(=O)[C@H]1CCCN1. The summed E-state index contributed by atoms with van der Waals surface area (Å²) in [6, 6.07) is 0.145. The van der Waals surface area contributed by atoms with Crippen molar-refractivity contribution in [1.82, 2.24) is 14.9 Å². The molecule has 2 heterocycles. The first kappa shape index (κ1) is 15.7. The molecule has 0 radical (unpaired) electrons. The van der Waals surface area contributed by atoms with Crippen LogP contribution in [0.15, 0.2) is 0 Å². The molecule has 0 aromatic rings. The summed E-state index contributed by atoms with van der Waals surface area (Å²) >= 11 is 0. The Kier molecular flexibility index (Phi) is 5.40. The number of amides is 1. The molecule has 0 saturated carbocycles. The molecular formula is C13H25N3O3S. The van der Waals surface area contributed by atoms with E-state index in [4.69, 9.17) is 0 Å². The van der Waals surface area contributed by atoms with Gasteiger partial charge in [0.05, 0.1) is 12.3 Å². The third-order valence-corrected chi connectivity index (χ3v) is 4.84. The lowest BCUT2D eigenvalue weighted by Crippen LogP contribution is -2.51. The van der Waals surface area contributed by atoms with Crippen LogP contribution >= 0.6 is 0 Å². The summed E-state index contributed by atoms with van der Waals surface area (Å²) in [5, 5.41) is 3.25. The van der Waals surface area contributed by atoms with Crippen molar-refractivity contribution in [1.29, 1.82) is 0 Å². The maximum absolute atomic E-state index is 12.5. The van der Waals surface area contributed by atoms with Gasteiger partial charge in [0, 0.05) is 19.1 Å². The van der Waals surface area contributed by atoms with Crippen molar-refractivity contribution in [3.05, 3.63) is 0 Å². The molecule has 2 saturated heterocycles. The second-order valence-electron chi connectivity index (χ2n) is 5.79. The molecule has 7 heteroatoms. The van der Waals surface area contributed by atoms with E-state index in [0.717, 1.165) is 45.2 Å². The van der Waals surface area contributed by atoms with Gasteiger partial charge >= 0.3 is 0 Å². The number of hydrogen-bond donors (Lipinski definition) is 2. The molecule has 2 aliphatic rings. The molecule has 2 atom stereocenters. The Morgan fingerprint density at radius 2 is 2.10 bits per heavy atom. The van der Waals surface area contributed by atoms with Gasteiger partial charge in [-0.2, -0.15) is 0 Å². The van der Waals surface area contributed by atoms with Crippen molar-refractivity contribution in [3.8, 4) is 0 Å². The average molecular weight is 303 g/mol. The van der Waals surface area contributed by atoms with Crippen molar-refractivity contribution in [3.63, 3.8) is 0 Å².